The van der Waals surface area contributed by atoms with Gasteiger partial charge >= 0.3 is 11.9 Å². The van der Waals surface area contributed by atoms with E-state index in [2.05, 4.69) is 4.98 Å². The number of hydrogen-bond acceptors (Lipinski definition) is 9. The first-order valence-electron chi connectivity index (χ1n) is 7.51. The summed E-state index contributed by atoms with van der Waals surface area (Å²) in [5, 5.41) is 13.2. The molecule has 138 valence electrons. The number of thiazole rings is 1. The number of nitro groups is 1. The van der Waals surface area contributed by atoms with Crippen LogP contribution < -0.4 is 0 Å². The number of esters is 2. The summed E-state index contributed by atoms with van der Waals surface area (Å²) in [5.41, 5.74) is 0.574. The van der Waals surface area contributed by atoms with Crippen LogP contribution in [0.25, 0.3) is 0 Å². The molecule has 0 aliphatic carbocycles. The van der Waals surface area contributed by atoms with Gasteiger partial charge in [0.15, 0.2) is 10.9 Å². The molecule has 0 unspecified atom stereocenters. The third kappa shape index (κ3) is 5.53. The molecule has 0 fully saturated rings. The Bertz CT molecular complexity index is 834. The van der Waals surface area contributed by atoms with Crippen molar-refractivity contribution in [1.29, 1.82) is 0 Å². The van der Waals surface area contributed by atoms with Crippen molar-refractivity contribution < 1.29 is 24.0 Å². The van der Waals surface area contributed by atoms with Gasteiger partial charge < -0.3 is 9.47 Å². The maximum absolute atomic E-state index is 12.0. The van der Waals surface area contributed by atoms with Crippen LogP contribution in [0.5, 0.6) is 0 Å². The monoisotopic (exact) mass is 396 g/mol. The quantitative estimate of drug-likeness (QED) is 0.397. The lowest BCUT2D eigenvalue weighted by Crippen LogP contribution is -2.19. The van der Waals surface area contributed by atoms with E-state index in [1.807, 2.05) is 12.3 Å². The van der Waals surface area contributed by atoms with Gasteiger partial charge in [-0.1, -0.05) is 11.8 Å². The predicted octanol–water partition coefficient (Wildman–Crippen LogP) is 3.62. The minimum absolute atomic E-state index is 0.0197. The first-order chi connectivity index (χ1) is 12.3. The van der Waals surface area contributed by atoms with Crippen molar-refractivity contribution in [3.05, 3.63) is 45.0 Å². The molecule has 1 aromatic heterocycles. The molecule has 0 aliphatic rings. The molecule has 2 rings (SSSR count). The summed E-state index contributed by atoms with van der Waals surface area (Å²) in [6.07, 6.45) is -0.326. The van der Waals surface area contributed by atoms with Gasteiger partial charge in [-0.25, -0.2) is 14.6 Å². The van der Waals surface area contributed by atoms with Crippen molar-refractivity contribution in [1.82, 2.24) is 4.98 Å². The fourth-order valence-electron chi connectivity index (χ4n) is 1.85. The number of benzene rings is 1. The number of carbonyl (C=O) groups excluding carboxylic acids is 2. The summed E-state index contributed by atoms with van der Waals surface area (Å²) in [4.78, 5) is 38.8. The summed E-state index contributed by atoms with van der Waals surface area (Å²) >= 11 is 2.53. The number of aryl methyl sites for hydroxylation is 1. The van der Waals surface area contributed by atoms with Crippen molar-refractivity contribution in [2.75, 3.05) is 6.61 Å². The van der Waals surface area contributed by atoms with Gasteiger partial charge in [0.25, 0.3) is 5.69 Å². The lowest BCUT2D eigenvalue weighted by atomic mass is 10.2. The molecule has 1 aromatic carbocycles. The van der Waals surface area contributed by atoms with Crippen LogP contribution in [-0.2, 0) is 14.3 Å². The van der Waals surface area contributed by atoms with E-state index in [-0.39, 0.29) is 17.4 Å². The van der Waals surface area contributed by atoms with Crippen molar-refractivity contribution in [3.63, 3.8) is 0 Å². The number of carbonyl (C=O) groups is 2. The Morgan fingerprint density at radius 1 is 1.38 bits per heavy atom. The lowest BCUT2D eigenvalue weighted by molar-refractivity contribution is -0.387. The van der Waals surface area contributed by atoms with Gasteiger partial charge in [0.2, 0.25) is 0 Å². The Hall–Kier alpha value is -2.46. The molecule has 0 bridgehead atoms. The maximum atomic E-state index is 12.0. The molecule has 0 aliphatic heterocycles. The third-order valence-corrected chi connectivity index (χ3v) is 5.00. The van der Waals surface area contributed by atoms with E-state index in [0.29, 0.717) is 9.24 Å². The van der Waals surface area contributed by atoms with Crippen LogP contribution in [0, 0.1) is 17.0 Å². The van der Waals surface area contributed by atoms with Crippen LogP contribution in [0.1, 0.15) is 29.9 Å². The molecule has 26 heavy (non-hydrogen) atoms. The summed E-state index contributed by atoms with van der Waals surface area (Å²) in [6.45, 7) is 4.62. The van der Waals surface area contributed by atoms with Crippen molar-refractivity contribution in [2.24, 2.45) is 0 Å². The van der Waals surface area contributed by atoms with Crippen molar-refractivity contribution >= 4 is 40.7 Å². The smallest absolute Gasteiger partial charge is 0.344 e. The fourth-order valence-corrected chi connectivity index (χ4v) is 3.73. The maximum Gasteiger partial charge on any atom is 0.344 e. The Morgan fingerprint density at radius 3 is 2.69 bits per heavy atom. The molecule has 0 N–H and O–H groups in total. The number of nitrogens with zero attached hydrogens (tertiary/aromatic N) is 2. The topological polar surface area (TPSA) is 109 Å². The zero-order chi connectivity index (χ0) is 19.3. The van der Waals surface area contributed by atoms with Gasteiger partial charge in [-0.3, -0.25) is 10.1 Å². The standard InChI is InChI=1S/C16H16N2O6S2/c1-9(2)24-14(19)7-23-15(20)11-4-5-13(12(6-11)18(21)22)26-16-17-10(3)8-25-16/h4-6,8-9H,7H2,1-3H3. The molecular formula is C16H16N2O6S2. The molecule has 0 radical (unpaired) electrons. The average Bonchev–Trinajstić information content (AvgIpc) is 2.97. The normalized spacial score (nSPS) is 10.6. The number of nitro benzene ring substituents is 1. The summed E-state index contributed by atoms with van der Waals surface area (Å²) in [6, 6.07) is 3.99. The second-order valence-electron chi connectivity index (χ2n) is 5.41. The lowest BCUT2D eigenvalue weighted by Gasteiger charge is -2.09. The third-order valence-electron chi connectivity index (χ3n) is 2.87. The molecule has 0 amide bonds. The SMILES string of the molecule is Cc1csc(Sc2ccc(C(=O)OCC(=O)OC(C)C)cc2[N+](=O)[O-])n1. The Balaban J connectivity index is 2.12. The Labute approximate surface area is 157 Å². The van der Waals surface area contributed by atoms with Crippen LogP contribution in [-0.4, -0.2) is 34.6 Å². The highest BCUT2D eigenvalue weighted by molar-refractivity contribution is 8.01. The highest BCUT2D eigenvalue weighted by Gasteiger charge is 2.21. The predicted molar refractivity (Wildman–Crippen MR) is 95.6 cm³/mol. The van der Waals surface area contributed by atoms with Crippen LogP contribution in [0.15, 0.2) is 32.8 Å². The van der Waals surface area contributed by atoms with Gasteiger partial charge in [-0.15, -0.1) is 11.3 Å². The summed E-state index contributed by atoms with van der Waals surface area (Å²) in [5.74, 6) is -1.52. The van der Waals surface area contributed by atoms with E-state index in [9.17, 15) is 19.7 Å². The average molecular weight is 396 g/mol. The van der Waals surface area contributed by atoms with E-state index in [1.54, 1.807) is 13.8 Å². The zero-order valence-corrected chi connectivity index (χ0v) is 15.9. The molecule has 1 heterocycles. The molecular weight excluding hydrogens is 380 g/mol. The van der Waals surface area contributed by atoms with Gasteiger partial charge in [0.05, 0.1) is 21.5 Å². The molecule has 0 atom stereocenters. The van der Waals surface area contributed by atoms with E-state index in [1.165, 1.54) is 23.5 Å². The van der Waals surface area contributed by atoms with Gasteiger partial charge in [-0.05, 0) is 32.9 Å². The molecule has 0 spiro atoms. The highest BCUT2D eigenvalue weighted by atomic mass is 32.2. The summed E-state index contributed by atoms with van der Waals surface area (Å²) in [7, 11) is 0. The number of ether oxygens (including phenoxy) is 2. The van der Waals surface area contributed by atoms with Crippen LogP contribution in [0.2, 0.25) is 0 Å². The molecule has 10 heteroatoms. The summed E-state index contributed by atoms with van der Waals surface area (Å²) < 4.78 is 10.4. The number of aromatic nitrogens is 1. The Morgan fingerprint density at radius 2 is 2.12 bits per heavy atom. The van der Waals surface area contributed by atoms with E-state index in [4.69, 9.17) is 9.47 Å². The van der Waals surface area contributed by atoms with E-state index in [0.717, 1.165) is 23.5 Å². The van der Waals surface area contributed by atoms with Gasteiger partial charge in [-0.2, -0.15) is 0 Å². The zero-order valence-electron chi connectivity index (χ0n) is 14.3. The first kappa shape index (κ1) is 19.9. The van der Waals surface area contributed by atoms with Crippen molar-refractivity contribution in [3.8, 4) is 0 Å². The minimum Gasteiger partial charge on any atom is -0.460 e. The second-order valence-corrected chi connectivity index (χ2v) is 7.56. The Kier molecular flexibility index (Phi) is 6.70. The number of hydrogen-bond donors (Lipinski definition) is 0. The fraction of sp³-hybridized carbons (Fsp3) is 0.312. The number of rotatable bonds is 7. The van der Waals surface area contributed by atoms with Gasteiger partial charge in [0.1, 0.15) is 0 Å². The van der Waals surface area contributed by atoms with E-state index < -0.39 is 23.5 Å². The largest absolute Gasteiger partial charge is 0.460 e. The second kappa shape index (κ2) is 8.77. The molecule has 0 saturated heterocycles. The molecule has 2 aromatic rings. The van der Waals surface area contributed by atoms with Crippen LogP contribution in [0.3, 0.4) is 0 Å². The minimum atomic E-state index is -0.838. The first-order valence-corrected chi connectivity index (χ1v) is 9.21. The van der Waals surface area contributed by atoms with Crippen molar-refractivity contribution in [2.45, 2.75) is 36.1 Å². The van der Waals surface area contributed by atoms with Crippen LogP contribution in [0.4, 0.5) is 5.69 Å². The highest BCUT2D eigenvalue weighted by Crippen LogP contribution is 2.36. The van der Waals surface area contributed by atoms with Gasteiger partial charge in [0, 0.05) is 17.1 Å². The van der Waals surface area contributed by atoms with Crippen LogP contribution >= 0.6 is 23.1 Å². The molecule has 0 saturated carbocycles. The molecule has 8 nitrogen and oxygen atoms in total. The van der Waals surface area contributed by atoms with E-state index >= 15 is 0 Å².